The second kappa shape index (κ2) is 5.16. The molecular formula is C12H16N2O3. The summed E-state index contributed by atoms with van der Waals surface area (Å²) in [5.41, 5.74) is -1.39. The molecule has 1 aliphatic carbocycles. The third-order valence-corrected chi connectivity index (χ3v) is 2.99. The summed E-state index contributed by atoms with van der Waals surface area (Å²) in [4.78, 5) is 11.4. The average molecular weight is 236 g/mol. The van der Waals surface area contributed by atoms with Gasteiger partial charge in [-0.15, -0.1) is 0 Å². The number of methoxy groups -OCH3 is 1. The summed E-state index contributed by atoms with van der Waals surface area (Å²) in [6.45, 7) is 4.44. The maximum atomic E-state index is 11.4. The van der Waals surface area contributed by atoms with Gasteiger partial charge >= 0.3 is 5.97 Å². The molecule has 1 saturated carbocycles. The molecule has 0 spiro atoms. The Labute approximate surface area is 101 Å². The van der Waals surface area contributed by atoms with Crippen LogP contribution < -0.4 is 0 Å². The highest BCUT2D eigenvalue weighted by Crippen LogP contribution is 2.48. The lowest BCUT2D eigenvalue weighted by atomic mass is 9.59. The first kappa shape index (κ1) is 13.5. The number of carbonyl (C=O) groups is 1. The van der Waals surface area contributed by atoms with Crippen LogP contribution in [0.25, 0.3) is 0 Å². The van der Waals surface area contributed by atoms with Crippen molar-refractivity contribution < 1.29 is 14.3 Å². The number of nitrogens with zero attached hydrogens (tertiary/aromatic N) is 2. The third-order valence-electron chi connectivity index (χ3n) is 2.99. The molecule has 0 aliphatic heterocycles. The SMILES string of the molecule is COC(=O)[C@H]1C[C@@H](OCC(C)C)C1(C#N)C#N. The first-order chi connectivity index (χ1) is 8.01. The average Bonchev–Trinajstić information content (AvgIpc) is 2.28. The Kier molecular flexibility index (Phi) is 4.09. The molecule has 5 nitrogen and oxygen atoms in total. The lowest BCUT2D eigenvalue weighted by Gasteiger charge is -2.44. The Bertz CT molecular complexity index is 364. The first-order valence-corrected chi connectivity index (χ1v) is 5.53. The van der Waals surface area contributed by atoms with E-state index in [1.807, 2.05) is 26.0 Å². The van der Waals surface area contributed by atoms with Gasteiger partial charge in [0, 0.05) is 6.61 Å². The summed E-state index contributed by atoms with van der Waals surface area (Å²) in [6.07, 6.45) is -0.121. The summed E-state index contributed by atoms with van der Waals surface area (Å²) in [6, 6.07) is 3.83. The number of rotatable bonds is 4. The predicted octanol–water partition coefficient (Wildman–Crippen LogP) is 1.25. The Hall–Kier alpha value is -1.59. The standard InChI is InChI=1S/C12H16N2O3/c1-8(2)5-17-10-4-9(11(15)16-3)12(10,6-13)7-14/h8-10H,4-5H2,1-3H3/t9-,10-/m1/s1. The van der Waals surface area contributed by atoms with Crippen LogP contribution in [0.2, 0.25) is 0 Å². The second-order valence-corrected chi connectivity index (χ2v) is 4.62. The van der Waals surface area contributed by atoms with Crippen LogP contribution in [0.15, 0.2) is 0 Å². The molecule has 0 saturated heterocycles. The highest BCUT2D eigenvalue weighted by atomic mass is 16.5. The van der Waals surface area contributed by atoms with Gasteiger partial charge in [-0.25, -0.2) is 0 Å². The Morgan fingerprint density at radius 2 is 2.06 bits per heavy atom. The van der Waals surface area contributed by atoms with Crippen molar-refractivity contribution >= 4 is 5.97 Å². The van der Waals surface area contributed by atoms with E-state index in [-0.39, 0.29) is 0 Å². The van der Waals surface area contributed by atoms with Crippen LogP contribution in [0.5, 0.6) is 0 Å². The summed E-state index contributed by atoms with van der Waals surface area (Å²) in [7, 11) is 1.25. The van der Waals surface area contributed by atoms with Gasteiger partial charge in [-0.05, 0) is 12.3 Å². The Morgan fingerprint density at radius 3 is 2.47 bits per heavy atom. The molecule has 0 aromatic heterocycles. The van der Waals surface area contributed by atoms with Gasteiger partial charge in [0.05, 0.1) is 31.3 Å². The second-order valence-electron chi connectivity index (χ2n) is 4.62. The van der Waals surface area contributed by atoms with Crippen molar-refractivity contribution in [2.45, 2.75) is 26.4 Å². The fraction of sp³-hybridized carbons (Fsp3) is 0.750. The number of hydrogen-bond donors (Lipinski definition) is 0. The molecule has 1 rings (SSSR count). The minimum absolute atomic E-state index is 0.322. The summed E-state index contributed by atoms with van der Waals surface area (Å²) < 4.78 is 10.1. The lowest BCUT2D eigenvalue weighted by Crippen LogP contribution is -2.56. The van der Waals surface area contributed by atoms with Crippen molar-refractivity contribution in [1.82, 2.24) is 0 Å². The first-order valence-electron chi connectivity index (χ1n) is 5.53. The van der Waals surface area contributed by atoms with Crippen LogP contribution in [0.3, 0.4) is 0 Å². The van der Waals surface area contributed by atoms with Gasteiger partial charge in [0.25, 0.3) is 0 Å². The van der Waals surface area contributed by atoms with E-state index in [9.17, 15) is 4.79 Å². The van der Waals surface area contributed by atoms with E-state index in [1.54, 1.807) is 0 Å². The van der Waals surface area contributed by atoms with Gasteiger partial charge in [-0.2, -0.15) is 10.5 Å². The molecule has 92 valence electrons. The molecule has 0 aromatic carbocycles. The van der Waals surface area contributed by atoms with Crippen molar-refractivity contribution in [1.29, 1.82) is 10.5 Å². The molecule has 0 radical (unpaired) electrons. The van der Waals surface area contributed by atoms with E-state index < -0.39 is 23.4 Å². The number of hydrogen-bond acceptors (Lipinski definition) is 5. The molecule has 0 bridgehead atoms. The van der Waals surface area contributed by atoms with Crippen LogP contribution in [-0.2, 0) is 14.3 Å². The minimum Gasteiger partial charge on any atom is -0.469 e. The molecule has 5 heteroatoms. The Balaban J connectivity index is 2.76. The lowest BCUT2D eigenvalue weighted by molar-refractivity contribution is -0.169. The van der Waals surface area contributed by atoms with Gasteiger partial charge in [0.2, 0.25) is 0 Å². The van der Waals surface area contributed by atoms with E-state index in [0.29, 0.717) is 18.9 Å². The maximum Gasteiger partial charge on any atom is 0.311 e. The summed E-state index contributed by atoms with van der Waals surface area (Å²) in [5.74, 6) is -0.889. The normalized spacial score (nSPS) is 25.5. The summed E-state index contributed by atoms with van der Waals surface area (Å²) in [5, 5.41) is 18.3. The number of esters is 1. The van der Waals surface area contributed by atoms with Crippen LogP contribution >= 0.6 is 0 Å². The Morgan fingerprint density at radius 1 is 1.47 bits per heavy atom. The van der Waals surface area contributed by atoms with Crippen molar-refractivity contribution in [3.63, 3.8) is 0 Å². The molecule has 0 unspecified atom stereocenters. The van der Waals surface area contributed by atoms with E-state index >= 15 is 0 Å². The van der Waals surface area contributed by atoms with Crippen LogP contribution in [0.4, 0.5) is 0 Å². The topological polar surface area (TPSA) is 83.1 Å². The number of ether oxygens (including phenoxy) is 2. The largest absolute Gasteiger partial charge is 0.469 e. The van der Waals surface area contributed by atoms with E-state index in [1.165, 1.54) is 7.11 Å². The molecule has 0 amide bonds. The zero-order valence-corrected chi connectivity index (χ0v) is 10.3. The van der Waals surface area contributed by atoms with E-state index in [2.05, 4.69) is 4.74 Å². The number of carbonyl (C=O) groups excluding carboxylic acids is 1. The predicted molar refractivity (Wildman–Crippen MR) is 58.4 cm³/mol. The van der Waals surface area contributed by atoms with Gasteiger partial charge in [-0.1, -0.05) is 13.8 Å². The van der Waals surface area contributed by atoms with E-state index in [4.69, 9.17) is 15.3 Å². The smallest absolute Gasteiger partial charge is 0.311 e. The molecule has 1 aliphatic rings. The fourth-order valence-corrected chi connectivity index (χ4v) is 1.91. The zero-order valence-electron chi connectivity index (χ0n) is 10.3. The molecule has 2 atom stereocenters. The van der Waals surface area contributed by atoms with Gasteiger partial charge in [0.15, 0.2) is 5.41 Å². The van der Waals surface area contributed by atoms with Crippen LogP contribution in [-0.4, -0.2) is 25.8 Å². The van der Waals surface area contributed by atoms with Crippen LogP contribution in [0.1, 0.15) is 20.3 Å². The highest BCUT2D eigenvalue weighted by Gasteiger charge is 2.61. The molecule has 0 N–H and O–H groups in total. The van der Waals surface area contributed by atoms with Gasteiger partial charge < -0.3 is 9.47 Å². The minimum atomic E-state index is -1.39. The van der Waals surface area contributed by atoms with Gasteiger partial charge in [0.1, 0.15) is 0 Å². The fourth-order valence-electron chi connectivity index (χ4n) is 1.91. The monoisotopic (exact) mass is 236 g/mol. The van der Waals surface area contributed by atoms with Crippen molar-refractivity contribution in [2.75, 3.05) is 13.7 Å². The van der Waals surface area contributed by atoms with Crippen molar-refractivity contribution in [3.8, 4) is 12.1 Å². The quantitative estimate of drug-likeness (QED) is 0.686. The van der Waals surface area contributed by atoms with E-state index in [0.717, 1.165) is 0 Å². The molecule has 0 aromatic rings. The molecule has 0 heterocycles. The van der Waals surface area contributed by atoms with Gasteiger partial charge in [-0.3, -0.25) is 4.79 Å². The maximum absolute atomic E-state index is 11.4. The molecular weight excluding hydrogens is 220 g/mol. The summed E-state index contributed by atoms with van der Waals surface area (Å²) >= 11 is 0. The highest BCUT2D eigenvalue weighted by molar-refractivity contribution is 5.76. The molecule has 17 heavy (non-hydrogen) atoms. The van der Waals surface area contributed by atoms with Crippen LogP contribution in [0, 0.1) is 39.9 Å². The number of nitriles is 2. The molecule has 1 fully saturated rings. The van der Waals surface area contributed by atoms with Crippen molar-refractivity contribution in [2.24, 2.45) is 17.3 Å². The zero-order chi connectivity index (χ0) is 13.1. The van der Waals surface area contributed by atoms with Crippen molar-refractivity contribution in [3.05, 3.63) is 0 Å². The third kappa shape index (κ3) is 2.25.